The lowest BCUT2D eigenvalue weighted by molar-refractivity contribution is 0.181. The average Bonchev–Trinajstić information content (AvgIpc) is 3.20. The maximum atomic E-state index is 9.26. The molecule has 2 aromatic heterocycles. The number of pyridine rings is 1. The van der Waals surface area contributed by atoms with Crippen LogP contribution in [0.25, 0.3) is 10.9 Å². The van der Waals surface area contributed by atoms with E-state index in [2.05, 4.69) is 39.6 Å². The van der Waals surface area contributed by atoms with Crippen LogP contribution in [-0.2, 0) is 13.0 Å². The van der Waals surface area contributed by atoms with Crippen LogP contribution in [0.5, 0.6) is 0 Å². The summed E-state index contributed by atoms with van der Waals surface area (Å²) in [6, 6.07) is 12.0. The Labute approximate surface area is 170 Å². The second-order valence-corrected chi connectivity index (χ2v) is 8.31. The number of nitriles is 1. The first kappa shape index (κ1) is 18.9. The molecular weight excluding hydrogens is 366 g/mol. The molecule has 1 aliphatic heterocycles. The minimum Gasteiger partial charge on any atom is -0.384 e. The van der Waals surface area contributed by atoms with E-state index in [1.807, 2.05) is 24.3 Å². The third-order valence-corrected chi connectivity index (χ3v) is 6.45. The number of anilines is 1. The van der Waals surface area contributed by atoms with Gasteiger partial charge in [0.15, 0.2) is 0 Å². The third-order valence-electron chi connectivity index (χ3n) is 5.41. The van der Waals surface area contributed by atoms with Crippen LogP contribution < -0.4 is 5.32 Å². The number of piperidine rings is 1. The summed E-state index contributed by atoms with van der Waals surface area (Å²) >= 11 is 1.77. The highest BCUT2D eigenvalue weighted by Crippen LogP contribution is 2.25. The highest BCUT2D eigenvalue weighted by molar-refractivity contribution is 7.09. The van der Waals surface area contributed by atoms with E-state index in [9.17, 15) is 5.26 Å². The van der Waals surface area contributed by atoms with Gasteiger partial charge >= 0.3 is 0 Å². The first-order valence-electron chi connectivity index (χ1n) is 9.94. The predicted molar refractivity (Wildman–Crippen MR) is 114 cm³/mol. The molecule has 5 nitrogen and oxygen atoms in total. The molecule has 1 saturated heterocycles. The van der Waals surface area contributed by atoms with Crippen LogP contribution in [0.15, 0.2) is 35.7 Å². The van der Waals surface area contributed by atoms with E-state index >= 15 is 0 Å². The Balaban J connectivity index is 1.33. The van der Waals surface area contributed by atoms with E-state index in [1.165, 1.54) is 23.5 Å². The summed E-state index contributed by atoms with van der Waals surface area (Å²) in [6.07, 6.45) is 3.40. The third kappa shape index (κ3) is 4.32. The number of para-hydroxylation sites is 1. The Hall–Kier alpha value is -2.49. The Kier molecular flexibility index (Phi) is 5.84. The van der Waals surface area contributed by atoms with Crippen molar-refractivity contribution in [1.29, 1.82) is 5.26 Å². The van der Waals surface area contributed by atoms with Crippen LogP contribution in [-0.4, -0.2) is 34.5 Å². The van der Waals surface area contributed by atoms with Crippen molar-refractivity contribution in [1.82, 2.24) is 14.9 Å². The van der Waals surface area contributed by atoms with Gasteiger partial charge in [0.25, 0.3) is 0 Å². The van der Waals surface area contributed by atoms with Crippen LogP contribution in [0.2, 0.25) is 0 Å². The molecule has 0 atom stereocenters. The molecule has 4 rings (SSSR count). The number of nitrogens with one attached hydrogen (secondary N) is 1. The van der Waals surface area contributed by atoms with Gasteiger partial charge in [0.1, 0.15) is 11.8 Å². The van der Waals surface area contributed by atoms with E-state index in [1.54, 1.807) is 11.3 Å². The zero-order valence-corrected chi connectivity index (χ0v) is 17.0. The Morgan fingerprint density at radius 2 is 2.07 bits per heavy atom. The molecule has 0 aliphatic carbocycles. The van der Waals surface area contributed by atoms with Crippen LogP contribution in [0, 0.1) is 17.2 Å². The lowest BCUT2D eigenvalue weighted by atomic mass is 9.96. The number of aryl methyl sites for hydroxylation is 1. The van der Waals surface area contributed by atoms with E-state index in [0.29, 0.717) is 11.6 Å². The van der Waals surface area contributed by atoms with Gasteiger partial charge in [0.2, 0.25) is 0 Å². The lowest BCUT2D eigenvalue weighted by Gasteiger charge is -2.31. The number of fused-ring (bicyclic) bond motifs is 1. The molecule has 0 saturated carbocycles. The zero-order valence-electron chi connectivity index (χ0n) is 16.2. The van der Waals surface area contributed by atoms with E-state index < -0.39 is 0 Å². The fraction of sp³-hybridized carbons (Fsp3) is 0.409. The lowest BCUT2D eigenvalue weighted by Crippen LogP contribution is -2.35. The molecule has 6 heteroatoms. The largest absolute Gasteiger partial charge is 0.384 e. The molecule has 0 bridgehead atoms. The van der Waals surface area contributed by atoms with Gasteiger partial charge in [-0.3, -0.25) is 4.90 Å². The monoisotopic (exact) mass is 391 g/mol. The van der Waals surface area contributed by atoms with Gasteiger partial charge in [-0.2, -0.15) is 5.26 Å². The molecule has 3 aromatic rings. The minimum absolute atomic E-state index is 0.464. The second-order valence-electron chi connectivity index (χ2n) is 7.37. The fourth-order valence-electron chi connectivity index (χ4n) is 3.79. The summed E-state index contributed by atoms with van der Waals surface area (Å²) in [5.41, 5.74) is 3.56. The van der Waals surface area contributed by atoms with Gasteiger partial charge in [0, 0.05) is 29.5 Å². The van der Waals surface area contributed by atoms with Crippen molar-refractivity contribution < 1.29 is 0 Å². The van der Waals surface area contributed by atoms with Crippen LogP contribution in [0.3, 0.4) is 0 Å². The number of rotatable bonds is 6. The molecule has 0 radical (unpaired) electrons. The van der Waals surface area contributed by atoms with Crippen LogP contribution in [0.1, 0.15) is 36.2 Å². The van der Waals surface area contributed by atoms with Gasteiger partial charge in [-0.05, 0) is 50.4 Å². The van der Waals surface area contributed by atoms with Gasteiger partial charge < -0.3 is 5.32 Å². The topological polar surface area (TPSA) is 64.8 Å². The molecule has 0 amide bonds. The van der Waals surface area contributed by atoms with Gasteiger partial charge in [-0.15, -0.1) is 11.3 Å². The van der Waals surface area contributed by atoms with Crippen LogP contribution >= 0.6 is 11.3 Å². The molecule has 0 unspecified atom stereocenters. The van der Waals surface area contributed by atoms with Crippen molar-refractivity contribution in [2.45, 2.75) is 32.7 Å². The Morgan fingerprint density at radius 3 is 2.82 bits per heavy atom. The van der Waals surface area contributed by atoms with Crippen molar-refractivity contribution in [3.8, 4) is 6.07 Å². The SMILES string of the molecule is CCc1nc(CN2CCC(CNc3cc(C#N)nc4ccccc34)CC2)cs1. The number of hydrogen-bond acceptors (Lipinski definition) is 6. The van der Waals surface area contributed by atoms with Crippen molar-refractivity contribution in [2.24, 2.45) is 5.92 Å². The van der Waals surface area contributed by atoms with E-state index in [0.717, 1.165) is 49.2 Å². The first-order valence-corrected chi connectivity index (χ1v) is 10.8. The standard InChI is InChI=1S/C22H25N5S/c1-2-22-26-18(15-28-22)14-27-9-7-16(8-10-27)13-24-21-11-17(12-23)25-20-6-4-3-5-19(20)21/h3-6,11,15-16H,2,7-10,13-14H2,1H3,(H,24,25). The number of aromatic nitrogens is 2. The van der Waals surface area contributed by atoms with Crippen molar-refractivity contribution in [2.75, 3.05) is 25.0 Å². The molecule has 1 fully saturated rings. The number of likely N-dealkylation sites (tertiary alicyclic amines) is 1. The number of benzene rings is 1. The van der Waals surface area contributed by atoms with Crippen LogP contribution in [0.4, 0.5) is 5.69 Å². The van der Waals surface area contributed by atoms with E-state index in [-0.39, 0.29) is 0 Å². The highest BCUT2D eigenvalue weighted by atomic mass is 32.1. The summed E-state index contributed by atoms with van der Waals surface area (Å²) in [5, 5.41) is 17.4. The number of hydrogen-bond donors (Lipinski definition) is 1. The minimum atomic E-state index is 0.464. The highest BCUT2D eigenvalue weighted by Gasteiger charge is 2.20. The molecule has 1 aliphatic rings. The Bertz CT molecular complexity index is 982. The molecule has 28 heavy (non-hydrogen) atoms. The molecule has 1 N–H and O–H groups in total. The van der Waals surface area contributed by atoms with Crippen molar-refractivity contribution in [3.63, 3.8) is 0 Å². The quantitative estimate of drug-likeness (QED) is 0.672. The second kappa shape index (κ2) is 8.68. The summed E-state index contributed by atoms with van der Waals surface area (Å²) in [5.74, 6) is 0.648. The molecule has 144 valence electrons. The molecular formula is C22H25N5S. The smallest absolute Gasteiger partial charge is 0.143 e. The van der Waals surface area contributed by atoms with E-state index in [4.69, 9.17) is 4.98 Å². The molecule has 1 aromatic carbocycles. The summed E-state index contributed by atoms with van der Waals surface area (Å²) in [4.78, 5) is 11.6. The number of thiazole rings is 1. The average molecular weight is 392 g/mol. The zero-order chi connectivity index (χ0) is 19.3. The number of nitrogens with zero attached hydrogens (tertiary/aromatic N) is 4. The Morgan fingerprint density at radius 1 is 1.25 bits per heavy atom. The fourth-order valence-corrected chi connectivity index (χ4v) is 4.53. The van der Waals surface area contributed by atoms with Crippen molar-refractivity contribution in [3.05, 3.63) is 52.1 Å². The van der Waals surface area contributed by atoms with Gasteiger partial charge in [-0.25, -0.2) is 9.97 Å². The molecule has 0 spiro atoms. The summed E-state index contributed by atoms with van der Waals surface area (Å²) < 4.78 is 0. The van der Waals surface area contributed by atoms with Crippen molar-refractivity contribution >= 4 is 27.9 Å². The molecule has 3 heterocycles. The maximum absolute atomic E-state index is 9.26. The van der Waals surface area contributed by atoms with Gasteiger partial charge in [0.05, 0.1) is 16.2 Å². The summed E-state index contributed by atoms with van der Waals surface area (Å²) in [6.45, 7) is 6.30. The normalized spacial score (nSPS) is 15.6. The maximum Gasteiger partial charge on any atom is 0.143 e. The van der Waals surface area contributed by atoms with Gasteiger partial charge in [-0.1, -0.05) is 25.1 Å². The summed E-state index contributed by atoms with van der Waals surface area (Å²) in [7, 11) is 0. The first-order chi connectivity index (χ1) is 13.7. The predicted octanol–water partition coefficient (Wildman–Crippen LogP) is 4.45.